The number of hydrogen-bond acceptors (Lipinski definition) is 5. The van der Waals surface area contributed by atoms with Crippen molar-refractivity contribution in [2.45, 2.75) is 35.5 Å². The molecule has 162 valence electrons. The molecule has 0 aromatic heterocycles. The normalized spacial score (nSPS) is 15.6. The number of rotatable bonds is 8. The van der Waals surface area contributed by atoms with Crippen LogP contribution in [0, 0.1) is 0 Å². The third-order valence-corrected chi connectivity index (χ3v) is 8.74. The second kappa shape index (κ2) is 9.72. The summed E-state index contributed by atoms with van der Waals surface area (Å²) in [5, 5.41) is 2.67. The second-order valence-electron chi connectivity index (χ2n) is 7.23. The first-order chi connectivity index (χ1) is 14.3. The van der Waals surface area contributed by atoms with Gasteiger partial charge in [-0.2, -0.15) is 4.31 Å². The highest BCUT2D eigenvalue weighted by atomic mass is 32.2. The molecule has 1 aliphatic rings. The molecule has 1 amide bonds. The fraction of sp³-hybridized carbons (Fsp3) is 0.381. The zero-order valence-corrected chi connectivity index (χ0v) is 18.3. The molecular formula is C21H26N2O5S2. The van der Waals surface area contributed by atoms with Crippen LogP contribution in [-0.4, -0.2) is 52.4 Å². The monoisotopic (exact) mass is 450 g/mol. The summed E-state index contributed by atoms with van der Waals surface area (Å²) in [7, 11) is -7.02. The average Bonchev–Trinajstić information content (AvgIpc) is 2.78. The molecule has 1 heterocycles. The van der Waals surface area contributed by atoms with Gasteiger partial charge in [-0.15, -0.1) is 0 Å². The molecule has 0 unspecified atom stereocenters. The fourth-order valence-electron chi connectivity index (χ4n) is 3.36. The highest BCUT2D eigenvalue weighted by Crippen LogP contribution is 2.21. The van der Waals surface area contributed by atoms with E-state index in [4.69, 9.17) is 0 Å². The topological polar surface area (TPSA) is 101 Å². The third-order valence-electron chi connectivity index (χ3n) is 5.03. The van der Waals surface area contributed by atoms with Crippen molar-refractivity contribution in [1.82, 2.24) is 9.62 Å². The van der Waals surface area contributed by atoms with E-state index in [1.54, 1.807) is 42.5 Å². The van der Waals surface area contributed by atoms with Crippen LogP contribution in [0.25, 0.3) is 0 Å². The first-order valence-electron chi connectivity index (χ1n) is 9.97. The van der Waals surface area contributed by atoms with Gasteiger partial charge >= 0.3 is 0 Å². The van der Waals surface area contributed by atoms with Crippen molar-refractivity contribution < 1.29 is 21.6 Å². The van der Waals surface area contributed by atoms with Crippen LogP contribution in [0.15, 0.2) is 64.4 Å². The molecule has 9 heteroatoms. The van der Waals surface area contributed by atoms with Crippen molar-refractivity contribution >= 4 is 25.8 Å². The molecule has 1 aliphatic heterocycles. The van der Waals surface area contributed by atoms with Crippen LogP contribution in [0.2, 0.25) is 0 Å². The SMILES string of the molecule is O=C(NCCCS(=O)(=O)c1ccccc1)c1cccc(S(=O)(=O)N2CCCCC2)c1. The Morgan fingerprint density at radius 1 is 0.867 bits per heavy atom. The molecule has 0 bridgehead atoms. The number of piperidine rings is 1. The molecule has 0 radical (unpaired) electrons. The average molecular weight is 451 g/mol. The second-order valence-corrected chi connectivity index (χ2v) is 11.3. The summed E-state index contributed by atoms with van der Waals surface area (Å²) >= 11 is 0. The Hall–Kier alpha value is -2.23. The number of nitrogens with zero attached hydrogens (tertiary/aromatic N) is 1. The Labute approximate surface area is 178 Å². The van der Waals surface area contributed by atoms with Crippen molar-refractivity contribution in [3.05, 3.63) is 60.2 Å². The van der Waals surface area contributed by atoms with Gasteiger partial charge in [0.2, 0.25) is 10.0 Å². The maximum atomic E-state index is 12.8. The highest BCUT2D eigenvalue weighted by Gasteiger charge is 2.26. The Morgan fingerprint density at radius 3 is 2.23 bits per heavy atom. The van der Waals surface area contributed by atoms with E-state index in [1.165, 1.54) is 16.4 Å². The number of sulfone groups is 1. The number of benzene rings is 2. The van der Waals surface area contributed by atoms with Gasteiger partial charge in [-0.25, -0.2) is 16.8 Å². The standard InChI is InChI=1S/C21H26N2O5S2/c24-21(22-13-8-16-29(25,26)19-10-3-1-4-11-19)18-9-7-12-20(17-18)30(27,28)23-14-5-2-6-15-23/h1,3-4,7,9-12,17H,2,5-6,8,13-16H2,(H,22,24). The predicted molar refractivity (Wildman–Crippen MR) is 114 cm³/mol. The van der Waals surface area contributed by atoms with Crippen LogP contribution >= 0.6 is 0 Å². The van der Waals surface area contributed by atoms with Crippen LogP contribution < -0.4 is 5.32 Å². The molecule has 1 saturated heterocycles. The lowest BCUT2D eigenvalue weighted by Crippen LogP contribution is -2.35. The van der Waals surface area contributed by atoms with Gasteiger partial charge in [-0.3, -0.25) is 4.79 Å². The zero-order chi connectivity index (χ0) is 21.6. The van der Waals surface area contributed by atoms with Gasteiger partial charge in [-0.05, 0) is 49.6 Å². The highest BCUT2D eigenvalue weighted by molar-refractivity contribution is 7.91. The lowest BCUT2D eigenvalue weighted by Gasteiger charge is -2.26. The van der Waals surface area contributed by atoms with Gasteiger partial charge in [0.1, 0.15) is 0 Å². The number of hydrogen-bond donors (Lipinski definition) is 1. The number of nitrogens with one attached hydrogen (secondary N) is 1. The van der Waals surface area contributed by atoms with Crippen molar-refractivity contribution in [3.8, 4) is 0 Å². The summed E-state index contributed by atoms with van der Waals surface area (Å²) in [6.45, 7) is 1.16. The van der Waals surface area contributed by atoms with Gasteiger partial charge in [-0.1, -0.05) is 30.7 Å². The minimum atomic E-state index is -3.62. The van der Waals surface area contributed by atoms with E-state index >= 15 is 0 Å². The molecule has 0 spiro atoms. The van der Waals surface area contributed by atoms with E-state index in [0.29, 0.717) is 13.1 Å². The minimum Gasteiger partial charge on any atom is -0.352 e. The first kappa shape index (κ1) is 22.5. The lowest BCUT2D eigenvalue weighted by molar-refractivity contribution is 0.0953. The number of sulfonamides is 1. The van der Waals surface area contributed by atoms with Crippen LogP contribution in [0.1, 0.15) is 36.0 Å². The molecule has 0 atom stereocenters. The van der Waals surface area contributed by atoms with Crippen LogP contribution in [0.5, 0.6) is 0 Å². The predicted octanol–water partition coefficient (Wildman–Crippen LogP) is 2.46. The van der Waals surface area contributed by atoms with Crippen LogP contribution in [0.4, 0.5) is 0 Å². The fourth-order valence-corrected chi connectivity index (χ4v) is 6.26. The summed E-state index contributed by atoms with van der Waals surface area (Å²) < 4.78 is 51.6. The van der Waals surface area contributed by atoms with Gasteiger partial charge in [0.25, 0.3) is 5.91 Å². The van der Waals surface area contributed by atoms with Gasteiger partial charge in [0.05, 0.1) is 15.5 Å². The van der Waals surface area contributed by atoms with Gasteiger partial charge < -0.3 is 5.32 Å². The minimum absolute atomic E-state index is 0.0827. The van der Waals surface area contributed by atoms with Crippen LogP contribution in [0.3, 0.4) is 0 Å². The van der Waals surface area contributed by atoms with Crippen molar-refractivity contribution in [2.75, 3.05) is 25.4 Å². The summed E-state index contributed by atoms with van der Waals surface area (Å²) in [6, 6.07) is 14.1. The lowest BCUT2D eigenvalue weighted by atomic mass is 10.2. The Kier molecular flexibility index (Phi) is 7.27. The maximum Gasteiger partial charge on any atom is 0.251 e. The maximum absolute atomic E-state index is 12.8. The van der Waals surface area contributed by atoms with E-state index < -0.39 is 25.8 Å². The summed E-state index contributed by atoms with van der Waals surface area (Å²) in [5.74, 6) is -0.511. The third kappa shape index (κ3) is 5.47. The largest absolute Gasteiger partial charge is 0.352 e. The van der Waals surface area contributed by atoms with Crippen molar-refractivity contribution in [1.29, 1.82) is 0 Å². The number of carbonyl (C=O) groups is 1. The van der Waals surface area contributed by atoms with E-state index in [-0.39, 0.29) is 34.1 Å². The molecular weight excluding hydrogens is 424 g/mol. The Morgan fingerprint density at radius 2 is 1.53 bits per heavy atom. The van der Waals surface area contributed by atoms with Gasteiger partial charge in [0, 0.05) is 25.2 Å². The van der Waals surface area contributed by atoms with Crippen molar-refractivity contribution in [3.63, 3.8) is 0 Å². The van der Waals surface area contributed by atoms with E-state index in [9.17, 15) is 21.6 Å². The molecule has 1 fully saturated rings. The smallest absolute Gasteiger partial charge is 0.251 e. The molecule has 3 rings (SSSR count). The number of carbonyl (C=O) groups excluding carboxylic acids is 1. The van der Waals surface area contributed by atoms with Crippen LogP contribution in [-0.2, 0) is 19.9 Å². The number of amides is 1. The summed E-state index contributed by atoms with van der Waals surface area (Å²) in [5.41, 5.74) is 0.235. The Balaban J connectivity index is 1.58. The van der Waals surface area contributed by atoms with Gasteiger partial charge in [0.15, 0.2) is 9.84 Å². The zero-order valence-electron chi connectivity index (χ0n) is 16.7. The molecule has 2 aromatic rings. The van der Waals surface area contributed by atoms with E-state index in [0.717, 1.165) is 19.3 Å². The van der Waals surface area contributed by atoms with Crippen molar-refractivity contribution in [2.24, 2.45) is 0 Å². The molecule has 30 heavy (non-hydrogen) atoms. The quantitative estimate of drug-likeness (QED) is 0.623. The summed E-state index contributed by atoms with van der Waals surface area (Å²) in [6.07, 6.45) is 2.96. The molecule has 1 N–H and O–H groups in total. The first-order valence-corrected chi connectivity index (χ1v) is 13.1. The molecule has 2 aromatic carbocycles. The summed E-state index contributed by atoms with van der Waals surface area (Å²) in [4.78, 5) is 12.8. The Bertz CT molecular complexity index is 1080. The van der Waals surface area contributed by atoms with E-state index in [2.05, 4.69) is 5.32 Å². The van der Waals surface area contributed by atoms with E-state index in [1.807, 2.05) is 0 Å². The molecule has 0 aliphatic carbocycles. The molecule has 0 saturated carbocycles. The molecule has 7 nitrogen and oxygen atoms in total.